The van der Waals surface area contributed by atoms with Crippen LogP contribution in [0.25, 0.3) is 0 Å². The van der Waals surface area contributed by atoms with E-state index in [1.165, 1.54) is 11.8 Å². The number of thioether (sulfide) groups is 1. The van der Waals surface area contributed by atoms with Crippen LogP contribution in [0.15, 0.2) is 21.9 Å². The van der Waals surface area contributed by atoms with Crippen LogP contribution >= 0.6 is 11.8 Å². The van der Waals surface area contributed by atoms with Crippen molar-refractivity contribution >= 4 is 22.6 Å². The number of methoxy groups -OCH3 is 3. The molecule has 4 rings (SSSR count). The lowest BCUT2D eigenvalue weighted by Gasteiger charge is -2.36. The quantitative estimate of drug-likeness (QED) is 0.739. The maximum absolute atomic E-state index is 13.2. The van der Waals surface area contributed by atoms with E-state index in [-0.39, 0.29) is 22.5 Å². The minimum absolute atomic E-state index is 0.118. The molecule has 1 N–H and O–H groups in total. The molecule has 1 saturated heterocycles. The average Bonchev–Trinajstić information content (AvgIpc) is 3.07. The summed E-state index contributed by atoms with van der Waals surface area (Å²) in [5.74, 6) is 2.32. The molecule has 168 valence electrons. The Bertz CT molecular complexity index is 1070. The van der Waals surface area contributed by atoms with Crippen molar-refractivity contribution in [3.63, 3.8) is 0 Å². The van der Waals surface area contributed by atoms with Gasteiger partial charge in [-0.1, -0.05) is 11.8 Å². The fourth-order valence-corrected chi connectivity index (χ4v) is 5.57. The largest absolute Gasteiger partial charge is 0.493 e. The van der Waals surface area contributed by atoms with Crippen LogP contribution in [0.4, 0.5) is 5.82 Å². The Kier molecular flexibility index (Phi) is 5.83. The number of nitrogens with zero attached hydrogens (tertiary/aromatic N) is 2. The van der Waals surface area contributed by atoms with Crippen molar-refractivity contribution in [2.24, 2.45) is 4.99 Å². The number of ether oxygens (including phenoxy) is 4. The van der Waals surface area contributed by atoms with E-state index >= 15 is 0 Å². The molecule has 9 heteroatoms. The summed E-state index contributed by atoms with van der Waals surface area (Å²) < 4.78 is 24.5. The van der Waals surface area contributed by atoms with Gasteiger partial charge in [0.05, 0.1) is 48.8 Å². The molecule has 1 fully saturated rings. The highest BCUT2D eigenvalue weighted by atomic mass is 32.2. The molecule has 1 aromatic carbocycles. The third-order valence-corrected chi connectivity index (χ3v) is 6.96. The van der Waals surface area contributed by atoms with Gasteiger partial charge in [0.1, 0.15) is 0 Å². The first-order valence-corrected chi connectivity index (χ1v) is 11.2. The SMILES string of the molecule is COc1ccc([C@H]2SC(C)=Nc3c2c(=O)[nH]n3[C@@H]2CCOC(C)(C)C2)c(OC)c1OC. The fraction of sp³-hybridized carbons (Fsp3) is 0.545. The second-order valence-corrected chi connectivity index (χ2v) is 9.65. The standard InChI is InChI=1S/C22H29N3O5S/c1-12-23-20-16(21(26)24-25(20)13-9-10-30-22(2,3)11-13)19(31-12)14-7-8-15(27-4)18(29-6)17(14)28-5/h7-8,13,19H,9-11H2,1-6H3,(H,24,26)/t13-,19-/m1/s1. The van der Waals surface area contributed by atoms with E-state index in [4.69, 9.17) is 23.9 Å². The van der Waals surface area contributed by atoms with Gasteiger partial charge in [-0.3, -0.25) is 14.6 Å². The number of rotatable bonds is 5. The molecular formula is C22H29N3O5S. The topological polar surface area (TPSA) is 87.1 Å². The molecule has 2 atom stereocenters. The highest BCUT2D eigenvalue weighted by Gasteiger charge is 2.37. The van der Waals surface area contributed by atoms with Gasteiger partial charge in [0.15, 0.2) is 17.3 Å². The van der Waals surface area contributed by atoms with Gasteiger partial charge in [-0.2, -0.15) is 0 Å². The summed E-state index contributed by atoms with van der Waals surface area (Å²) in [6.07, 6.45) is 1.63. The van der Waals surface area contributed by atoms with Crippen LogP contribution in [-0.2, 0) is 4.74 Å². The second-order valence-electron chi connectivity index (χ2n) is 8.36. The first-order valence-electron chi connectivity index (χ1n) is 10.3. The van der Waals surface area contributed by atoms with Crippen LogP contribution in [0.5, 0.6) is 17.2 Å². The molecular weight excluding hydrogens is 418 g/mol. The fourth-order valence-electron chi connectivity index (χ4n) is 4.44. The molecule has 0 unspecified atom stereocenters. The third-order valence-electron chi connectivity index (χ3n) is 5.80. The Balaban J connectivity index is 1.85. The number of nitrogens with one attached hydrogen (secondary N) is 1. The number of aromatic nitrogens is 2. The molecule has 0 aliphatic carbocycles. The van der Waals surface area contributed by atoms with Gasteiger partial charge in [0, 0.05) is 12.2 Å². The van der Waals surface area contributed by atoms with E-state index < -0.39 is 0 Å². The summed E-state index contributed by atoms with van der Waals surface area (Å²) in [5.41, 5.74) is 1.09. The van der Waals surface area contributed by atoms with Crippen molar-refractivity contribution in [1.29, 1.82) is 0 Å². The van der Waals surface area contributed by atoms with Crippen LogP contribution in [0, 0.1) is 0 Å². The van der Waals surface area contributed by atoms with Gasteiger partial charge in [-0.25, -0.2) is 4.99 Å². The molecule has 0 radical (unpaired) electrons. The summed E-state index contributed by atoms with van der Waals surface area (Å²) in [4.78, 5) is 17.9. The van der Waals surface area contributed by atoms with Gasteiger partial charge in [0.25, 0.3) is 5.56 Å². The Labute approximate surface area is 185 Å². The van der Waals surface area contributed by atoms with Crippen LogP contribution in [-0.4, -0.2) is 48.4 Å². The van der Waals surface area contributed by atoms with Crippen LogP contribution in [0.1, 0.15) is 56.0 Å². The normalized spacial score (nSPS) is 22.5. The van der Waals surface area contributed by atoms with E-state index in [1.807, 2.05) is 23.7 Å². The highest BCUT2D eigenvalue weighted by molar-refractivity contribution is 8.14. The van der Waals surface area contributed by atoms with Crippen molar-refractivity contribution in [3.05, 3.63) is 33.6 Å². The number of fused-ring (bicyclic) bond motifs is 1. The van der Waals surface area contributed by atoms with Crippen LogP contribution in [0.3, 0.4) is 0 Å². The minimum Gasteiger partial charge on any atom is -0.493 e. The smallest absolute Gasteiger partial charge is 0.271 e. The summed E-state index contributed by atoms with van der Waals surface area (Å²) >= 11 is 1.53. The number of benzene rings is 1. The van der Waals surface area contributed by atoms with Crippen molar-refractivity contribution < 1.29 is 18.9 Å². The van der Waals surface area contributed by atoms with Crippen molar-refractivity contribution in [2.45, 2.75) is 50.5 Å². The minimum atomic E-state index is -0.278. The Hall–Kier alpha value is -2.39. The number of aliphatic imine (C=N–C) groups is 1. The van der Waals surface area contributed by atoms with Crippen molar-refractivity contribution in [2.75, 3.05) is 27.9 Å². The molecule has 1 aromatic heterocycles. The lowest BCUT2D eigenvalue weighted by molar-refractivity contribution is -0.0705. The average molecular weight is 448 g/mol. The van der Waals surface area contributed by atoms with Crippen LogP contribution < -0.4 is 19.8 Å². The van der Waals surface area contributed by atoms with E-state index in [2.05, 4.69) is 18.9 Å². The molecule has 3 heterocycles. The first-order chi connectivity index (χ1) is 14.8. The second kappa shape index (κ2) is 8.27. The Morgan fingerprint density at radius 1 is 1.19 bits per heavy atom. The Morgan fingerprint density at radius 2 is 1.94 bits per heavy atom. The molecule has 31 heavy (non-hydrogen) atoms. The van der Waals surface area contributed by atoms with Gasteiger partial charge in [-0.15, -0.1) is 0 Å². The molecule has 2 aliphatic rings. The lowest BCUT2D eigenvalue weighted by Crippen LogP contribution is -2.35. The van der Waals surface area contributed by atoms with Gasteiger partial charge < -0.3 is 18.9 Å². The molecule has 0 spiro atoms. The van der Waals surface area contributed by atoms with Gasteiger partial charge in [-0.05, 0) is 45.7 Å². The zero-order valence-corrected chi connectivity index (χ0v) is 19.6. The predicted molar refractivity (Wildman–Crippen MR) is 122 cm³/mol. The van der Waals surface area contributed by atoms with Crippen molar-refractivity contribution in [1.82, 2.24) is 9.78 Å². The zero-order chi connectivity index (χ0) is 22.3. The molecule has 0 amide bonds. The summed E-state index contributed by atoms with van der Waals surface area (Å²) in [5, 5.41) is 3.67. The van der Waals surface area contributed by atoms with E-state index in [0.717, 1.165) is 23.4 Å². The highest BCUT2D eigenvalue weighted by Crippen LogP contribution is 2.51. The summed E-state index contributed by atoms with van der Waals surface area (Å²) in [6, 6.07) is 3.88. The number of aromatic amines is 1. The van der Waals surface area contributed by atoms with Crippen LogP contribution in [0.2, 0.25) is 0 Å². The molecule has 8 nitrogen and oxygen atoms in total. The van der Waals surface area contributed by atoms with Crippen molar-refractivity contribution in [3.8, 4) is 17.2 Å². The van der Waals surface area contributed by atoms with Gasteiger partial charge in [0.2, 0.25) is 5.75 Å². The van der Waals surface area contributed by atoms with E-state index in [0.29, 0.717) is 35.2 Å². The summed E-state index contributed by atoms with van der Waals surface area (Å²) in [7, 11) is 4.75. The maximum Gasteiger partial charge on any atom is 0.271 e. The zero-order valence-electron chi connectivity index (χ0n) is 18.8. The maximum atomic E-state index is 13.2. The number of hydrogen-bond donors (Lipinski definition) is 1. The third kappa shape index (κ3) is 3.85. The monoisotopic (exact) mass is 447 g/mol. The molecule has 0 bridgehead atoms. The lowest BCUT2D eigenvalue weighted by atomic mass is 9.94. The first kappa shape index (κ1) is 21.8. The Morgan fingerprint density at radius 3 is 2.58 bits per heavy atom. The molecule has 0 saturated carbocycles. The summed E-state index contributed by atoms with van der Waals surface area (Å²) in [6.45, 7) is 6.77. The van der Waals surface area contributed by atoms with E-state index in [9.17, 15) is 4.79 Å². The number of H-pyrrole nitrogens is 1. The molecule has 2 aliphatic heterocycles. The number of hydrogen-bond acceptors (Lipinski definition) is 7. The predicted octanol–water partition coefficient (Wildman–Crippen LogP) is 4.22. The van der Waals surface area contributed by atoms with Gasteiger partial charge >= 0.3 is 0 Å². The van der Waals surface area contributed by atoms with E-state index in [1.54, 1.807) is 21.3 Å². The molecule has 2 aromatic rings.